The third kappa shape index (κ3) is 2.92. The molecule has 0 spiro atoms. The van der Waals surface area contributed by atoms with E-state index in [0.717, 1.165) is 0 Å². The first-order valence-corrected chi connectivity index (χ1v) is 6.55. The van der Waals surface area contributed by atoms with Crippen molar-refractivity contribution >= 4 is 11.8 Å². The number of piperazine rings is 1. The summed E-state index contributed by atoms with van der Waals surface area (Å²) in [5.41, 5.74) is -0.264. The lowest BCUT2D eigenvalue weighted by molar-refractivity contribution is -0.151. The van der Waals surface area contributed by atoms with Crippen LogP contribution in [0.1, 0.15) is 41.0 Å². The summed E-state index contributed by atoms with van der Waals surface area (Å²) < 4.78 is 0. The van der Waals surface area contributed by atoms with Gasteiger partial charge < -0.3 is 10.2 Å². The van der Waals surface area contributed by atoms with Crippen LogP contribution >= 0.6 is 0 Å². The smallest absolute Gasteiger partial charge is 0.246 e. The third-order valence-electron chi connectivity index (χ3n) is 3.29. The summed E-state index contributed by atoms with van der Waals surface area (Å²) in [6, 6.07) is -0.773. The number of rotatable bonds is 3. The Bertz CT molecular complexity index is 355. The molecular weight excluding hydrogens is 228 g/mol. The molecule has 1 aliphatic rings. The molecule has 0 aromatic carbocycles. The maximum atomic E-state index is 12.5. The van der Waals surface area contributed by atoms with Crippen LogP contribution in [0.3, 0.4) is 0 Å². The fourth-order valence-corrected chi connectivity index (χ4v) is 2.19. The second kappa shape index (κ2) is 5.55. The number of allylic oxidation sites excluding steroid dienone is 1. The van der Waals surface area contributed by atoms with E-state index >= 15 is 0 Å². The molecule has 0 aromatic rings. The Morgan fingerprint density at radius 3 is 2.39 bits per heavy atom. The van der Waals surface area contributed by atoms with Gasteiger partial charge in [0.2, 0.25) is 11.8 Å². The Morgan fingerprint density at radius 1 is 1.33 bits per heavy atom. The highest BCUT2D eigenvalue weighted by molar-refractivity contribution is 5.97. The first-order valence-electron chi connectivity index (χ1n) is 6.55. The van der Waals surface area contributed by atoms with E-state index in [1.807, 2.05) is 46.8 Å². The van der Waals surface area contributed by atoms with Crippen molar-refractivity contribution in [3.05, 3.63) is 12.2 Å². The van der Waals surface area contributed by atoms with Gasteiger partial charge in [0.1, 0.15) is 12.1 Å². The van der Waals surface area contributed by atoms with Gasteiger partial charge in [-0.05, 0) is 18.8 Å². The number of hydrogen-bond acceptors (Lipinski definition) is 2. The Labute approximate surface area is 109 Å². The van der Waals surface area contributed by atoms with Crippen molar-refractivity contribution in [3.63, 3.8) is 0 Å². The van der Waals surface area contributed by atoms with Crippen molar-refractivity contribution in [1.29, 1.82) is 0 Å². The maximum absolute atomic E-state index is 12.5. The highest BCUT2D eigenvalue weighted by Gasteiger charge is 2.43. The molecule has 2 amide bonds. The normalized spacial score (nSPS) is 25.7. The molecule has 1 fully saturated rings. The first kappa shape index (κ1) is 14.7. The van der Waals surface area contributed by atoms with E-state index < -0.39 is 6.04 Å². The highest BCUT2D eigenvalue weighted by atomic mass is 16.2. The minimum atomic E-state index is -0.432. The molecule has 2 atom stereocenters. The summed E-state index contributed by atoms with van der Waals surface area (Å²) in [5, 5.41) is 2.86. The predicted molar refractivity (Wildman–Crippen MR) is 72.0 cm³/mol. The molecule has 0 saturated carbocycles. The number of nitrogens with zero attached hydrogens (tertiary/aromatic N) is 1. The average Bonchev–Trinajstić information content (AvgIpc) is 2.28. The molecule has 0 aliphatic carbocycles. The van der Waals surface area contributed by atoms with Crippen LogP contribution in [0.25, 0.3) is 0 Å². The van der Waals surface area contributed by atoms with E-state index in [0.29, 0.717) is 13.0 Å². The molecule has 4 heteroatoms. The van der Waals surface area contributed by atoms with Gasteiger partial charge in [0.15, 0.2) is 0 Å². The Balaban J connectivity index is 3.00. The standard InChI is InChI=1S/C14H24N2O2/c1-6-8-9-16-10(7-2)12(17)15-11(13(16)18)14(3,4)5/h6,8,10-11H,7,9H2,1-5H3,(H,15,17)/b8-6+. The fraction of sp³-hybridized carbons (Fsp3) is 0.714. The molecule has 1 aliphatic heterocycles. The maximum Gasteiger partial charge on any atom is 0.246 e. The van der Waals surface area contributed by atoms with E-state index in [1.54, 1.807) is 4.90 Å². The van der Waals surface area contributed by atoms with Crippen LogP contribution in [-0.4, -0.2) is 35.3 Å². The Hall–Kier alpha value is -1.32. The van der Waals surface area contributed by atoms with Crippen molar-refractivity contribution in [2.45, 2.75) is 53.1 Å². The predicted octanol–water partition coefficient (Wildman–Crippen LogP) is 1.71. The fourth-order valence-electron chi connectivity index (χ4n) is 2.19. The molecule has 1 N–H and O–H groups in total. The Kier molecular flexibility index (Phi) is 4.54. The zero-order valence-corrected chi connectivity index (χ0v) is 12.0. The van der Waals surface area contributed by atoms with Gasteiger partial charge in [0, 0.05) is 6.54 Å². The molecule has 1 saturated heterocycles. The molecule has 2 unspecified atom stereocenters. The van der Waals surface area contributed by atoms with Crippen LogP contribution < -0.4 is 5.32 Å². The average molecular weight is 252 g/mol. The van der Waals surface area contributed by atoms with Crippen molar-refractivity contribution in [2.75, 3.05) is 6.54 Å². The number of hydrogen-bond donors (Lipinski definition) is 1. The number of carbonyl (C=O) groups excluding carboxylic acids is 2. The topological polar surface area (TPSA) is 49.4 Å². The zero-order valence-electron chi connectivity index (χ0n) is 12.0. The van der Waals surface area contributed by atoms with Crippen LogP contribution in [0.15, 0.2) is 12.2 Å². The van der Waals surface area contributed by atoms with Gasteiger partial charge in [-0.25, -0.2) is 0 Å². The second-order valence-electron chi connectivity index (χ2n) is 5.79. The van der Waals surface area contributed by atoms with E-state index in [4.69, 9.17) is 0 Å². The van der Waals surface area contributed by atoms with Crippen molar-refractivity contribution in [1.82, 2.24) is 10.2 Å². The van der Waals surface area contributed by atoms with Gasteiger partial charge in [-0.15, -0.1) is 0 Å². The molecule has 102 valence electrons. The van der Waals surface area contributed by atoms with E-state index in [2.05, 4.69) is 5.32 Å². The molecule has 18 heavy (non-hydrogen) atoms. The SMILES string of the molecule is C/C=C/CN1C(=O)C(C(C)(C)C)NC(=O)C1CC. The largest absolute Gasteiger partial charge is 0.342 e. The van der Waals surface area contributed by atoms with Gasteiger partial charge in [0.05, 0.1) is 0 Å². The summed E-state index contributed by atoms with van der Waals surface area (Å²) in [7, 11) is 0. The summed E-state index contributed by atoms with van der Waals surface area (Å²) in [6.07, 6.45) is 4.46. The van der Waals surface area contributed by atoms with E-state index in [1.165, 1.54) is 0 Å². The number of carbonyl (C=O) groups is 2. The minimum absolute atomic E-state index is 0.0204. The lowest BCUT2D eigenvalue weighted by Crippen LogP contribution is -2.66. The summed E-state index contributed by atoms with van der Waals surface area (Å²) in [5.74, 6) is -0.0198. The quantitative estimate of drug-likeness (QED) is 0.777. The zero-order chi connectivity index (χ0) is 13.9. The molecule has 0 aromatic heterocycles. The second-order valence-corrected chi connectivity index (χ2v) is 5.79. The van der Waals surface area contributed by atoms with Gasteiger partial charge in [-0.3, -0.25) is 9.59 Å². The van der Waals surface area contributed by atoms with Gasteiger partial charge in [-0.2, -0.15) is 0 Å². The lowest BCUT2D eigenvalue weighted by Gasteiger charge is -2.42. The molecule has 0 radical (unpaired) electrons. The monoisotopic (exact) mass is 252 g/mol. The van der Waals surface area contributed by atoms with Gasteiger partial charge in [-0.1, -0.05) is 39.8 Å². The first-order chi connectivity index (χ1) is 8.32. The number of amides is 2. The summed E-state index contributed by atoms with van der Waals surface area (Å²) in [4.78, 5) is 26.2. The molecule has 4 nitrogen and oxygen atoms in total. The Morgan fingerprint density at radius 2 is 1.94 bits per heavy atom. The number of nitrogens with one attached hydrogen (secondary N) is 1. The van der Waals surface area contributed by atoms with Crippen molar-refractivity contribution in [3.8, 4) is 0 Å². The lowest BCUT2D eigenvalue weighted by atomic mass is 9.83. The minimum Gasteiger partial charge on any atom is -0.342 e. The van der Waals surface area contributed by atoms with E-state index in [-0.39, 0.29) is 23.3 Å². The highest BCUT2D eigenvalue weighted by Crippen LogP contribution is 2.25. The molecular formula is C14H24N2O2. The summed E-state index contributed by atoms with van der Waals surface area (Å²) >= 11 is 0. The van der Waals surface area contributed by atoms with Gasteiger partial charge >= 0.3 is 0 Å². The van der Waals surface area contributed by atoms with Crippen LogP contribution in [0, 0.1) is 5.41 Å². The van der Waals surface area contributed by atoms with E-state index in [9.17, 15) is 9.59 Å². The van der Waals surface area contributed by atoms with Crippen LogP contribution in [0.5, 0.6) is 0 Å². The van der Waals surface area contributed by atoms with Crippen LogP contribution in [0.2, 0.25) is 0 Å². The molecule has 1 rings (SSSR count). The van der Waals surface area contributed by atoms with Crippen LogP contribution in [-0.2, 0) is 9.59 Å². The molecule has 1 heterocycles. The van der Waals surface area contributed by atoms with Gasteiger partial charge in [0.25, 0.3) is 0 Å². The van der Waals surface area contributed by atoms with Crippen LogP contribution in [0.4, 0.5) is 0 Å². The molecule has 0 bridgehead atoms. The van der Waals surface area contributed by atoms with Crippen molar-refractivity contribution < 1.29 is 9.59 Å². The summed E-state index contributed by atoms with van der Waals surface area (Å²) in [6.45, 7) is 10.3. The van der Waals surface area contributed by atoms with Crippen molar-refractivity contribution in [2.24, 2.45) is 5.41 Å². The third-order valence-corrected chi connectivity index (χ3v) is 3.29.